The minimum Gasteiger partial charge on any atom is -0.463 e. The summed E-state index contributed by atoms with van der Waals surface area (Å²) in [5, 5.41) is 66.8. The number of esters is 3. The fraction of sp³-hybridized carbons (Fsp3) is 0.522. The second-order valence-electron chi connectivity index (χ2n) is 27.1. The van der Waals surface area contributed by atoms with Gasteiger partial charge in [0, 0.05) is 51.9 Å². The number of nitrogens with zero attached hydrogens (tertiary/aromatic N) is 3. The van der Waals surface area contributed by atoms with Crippen molar-refractivity contribution in [1.29, 1.82) is 0 Å². The number of hydrogen-bond acceptors (Lipinski definition) is 30. The van der Waals surface area contributed by atoms with Gasteiger partial charge in [0.1, 0.15) is 70.7 Å². The summed E-state index contributed by atoms with van der Waals surface area (Å²) in [5.41, 5.74) is -7.95. The standard InChI is InChI=1S/3C23H30ClN2O9PS/c3*1-13(2)33-20(29)14(3)12-36(31,35-16-7-5-15(24)6-8-16)32-11-17-19(28)23(4,30)21(34-17)26-10-9-18(27)25-22(26)37/h3*5-10,13-14,17,19,21,28,30H,11-12H2,1-4H3,(H,25,27,37)/t14-,17-,19+,21-,23?,36?;14-,17-,19+,21-,23?,36+;14-,17-,19+,21-,23?,36-/m111/s1/i3*11D2. The Hall–Kier alpha value is -6.15. The summed E-state index contributed by atoms with van der Waals surface area (Å²) in [6, 6.07) is 20.3. The van der Waals surface area contributed by atoms with Gasteiger partial charge in [-0.25, -0.2) is 13.7 Å². The Kier molecular flexibility index (Phi) is 29.1. The van der Waals surface area contributed by atoms with Gasteiger partial charge in [-0.1, -0.05) is 55.6 Å². The average Bonchev–Trinajstić information content (AvgIpc) is 1.60. The quantitative estimate of drug-likeness (QED) is 0.00875. The molecule has 3 aliphatic rings. The number of nitrogens with one attached hydrogen (secondary N) is 3. The molecule has 3 saturated heterocycles. The Morgan fingerprint density at radius 1 is 0.450 bits per heavy atom. The molecule has 9 rings (SSSR count). The number of aliphatic hydroxyl groups excluding tert-OH is 3. The fourth-order valence-corrected chi connectivity index (χ4v) is 16.8. The van der Waals surface area contributed by atoms with Crippen LogP contribution in [0.1, 0.15) is 110 Å². The molecule has 6 aromatic rings. The van der Waals surface area contributed by atoms with Gasteiger partial charge in [0.15, 0.2) is 33.0 Å². The molecular formula is C69H90Cl3N6O27P3S3. The van der Waals surface area contributed by atoms with E-state index in [1.165, 1.54) is 133 Å². The molecule has 0 radical (unpaired) electrons. The summed E-state index contributed by atoms with van der Waals surface area (Å²) in [5.74, 6) is -5.19. The molecule has 4 unspecified atom stereocenters. The second-order valence-corrected chi connectivity index (χ2v) is 35.4. The highest BCUT2D eigenvalue weighted by Gasteiger charge is 2.57. The summed E-state index contributed by atoms with van der Waals surface area (Å²) in [6.45, 7) is 8.52. The summed E-state index contributed by atoms with van der Waals surface area (Å²) >= 11 is 33.0. The molecule has 3 aliphatic heterocycles. The fourth-order valence-electron chi connectivity index (χ4n) is 10.5. The van der Waals surface area contributed by atoms with Crippen LogP contribution >= 0.6 is 94.2 Å². The largest absolute Gasteiger partial charge is 0.463 e. The van der Waals surface area contributed by atoms with Crippen molar-refractivity contribution in [3.05, 3.63) is 170 Å². The predicted octanol–water partition coefficient (Wildman–Crippen LogP) is 10.3. The normalized spacial score (nSPS) is 27.2. The Morgan fingerprint density at radius 3 is 0.865 bits per heavy atom. The summed E-state index contributed by atoms with van der Waals surface area (Å²) < 4.78 is 162. The lowest BCUT2D eigenvalue weighted by Crippen LogP contribution is -2.44. The Labute approximate surface area is 676 Å². The van der Waals surface area contributed by atoms with Gasteiger partial charge < -0.3 is 72.6 Å². The highest BCUT2D eigenvalue weighted by atomic mass is 35.5. The maximum absolute atomic E-state index is 14.0. The first-order valence-corrected chi connectivity index (χ1v) is 41.4. The SMILES string of the molecule is [2H]C([2H])(OP(=O)(C[C@@H](C)C(=O)OC(C)C)Oc1ccc(Cl)cc1)[C@H]1O[C@@H](n2ccc(=O)[nH]c2=S)C(C)(O)[C@H]1O.[2H]C([2H])(O[P@@](=O)(C[C@@H](C)C(=O)OC(C)C)Oc1ccc(Cl)cc1)[C@H]1O[C@@H](n2ccc(=O)[nH]c2=S)C(C)(O)[C@H]1O.[2H]C([2H])(O[P@](=O)(C[C@@H](C)C(=O)OC(C)C)Oc1ccc(Cl)cc1)[C@H]1O[C@@H](n2ccc(=O)[nH]c2=S)C(C)(O)[C@H]1O. The maximum Gasteiger partial charge on any atom is 0.380 e. The van der Waals surface area contributed by atoms with Crippen LogP contribution in [-0.2, 0) is 70.1 Å². The monoisotopic (exact) mass is 1730 g/mol. The lowest BCUT2D eigenvalue weighted by atomic mass is 9.96. The van der Waals surface area contributed by atoms with Gasteiger partial charge >= 0.3 is 40.7 Å². The van der Waals surface area contributed by atoms with E-state index in [9.17, 15) is 73.1 Å². The zero-order valence-electron chi connectivity index (χ0n) is 67.5. The number of aromatic nitrogens is 6. The van der Waals surface area contributed by atoms with Crippen LogP contribution < -0.4 is 30.2 Å². The molecule has 9 N–H and O–H groups in total. The number of aliphatic hydroxyl groups is 6. The Balaban J connectivity index is 0.000000242. The Bertz CT molecular complexity index is 4540. The summed E-state index contributed by atoms with van der Waals surface area (Å²) in [4.78, 5) is 79.1. The van der Waals surface area contributed by atoms with Crippen molar-refractivity contribution < 1.29 is 123 Å². The third-order valence-corrected chi connectivity index (χ3v) is 23.4. The second kappa shape index (κ2) is 39.0. The molecule has 3 aromatic heterocycles. The van der Waals surface area contributed by atoms with Crippen LogP contribution in [-0.4, -0.2) is 187 Å². The number of benzene rings is 3. The van der Waals surface area contributed by atoms with Gasteiger partial charge in [0.25, 0.3) is 16.7 Å². The van der Waals surface area contributed by atoms with Crippen LogP contribution in [0.3, 0.4) is 0 Å². The van der Waals surface area contributed by atoms with E-state index in [4.69, 9.17) is 135 Å². The third-order valence-electron chi connectivity index (χ3n) is 16.1. The minimum absolute atomic E-state index is 0.0141. The number of aromatic amines is 3. The number of rotatable bonds is 30. The molecule has 18 atom stereocenters. The molecule has 0 aliphatic carbocycles. The van der Waals surface area contributed by atoms with Crippen molar-refractivity contribution in [3.8, 4) is 17.2 Å². The molecule has 0 bridgehead atoms. The van der Waals surface area contributed by atoms with Crippen LogP contribution in [0.2, 0.25) is 15.1 Å². The van der Waals surface area contributed by atoms with E-state index in [2.05, 4.69) is 15.0 Å². The first-order valence-electron chi connectivity index (χ1n) is 36.8. The molecular weight excluding hydrogens is 1640 g/mol. The molecule has 42 heteroatoms. The zero-order valence-corrected chi connectivity index (χ0v) is 68.9. The van der Waals surface area contributed by atoms with Crippen LogP contribution in [0.4, 0.5) is 0 Å². The van der Waals surface area contributed by atoms with E-state index in [-0.39, 0.29) is 31.6 Å². The van der Waals surface area contributed by atoms with E-state index in [0.29, 0.717) is 15.1 Å². The van der Waals surface area contributed by atoms with Crippen molar-refractivity contribution in [1.82, 2.24) is 28.7 Å². The maximum atomic E-state index is 14.0. The van der Waals surface area contributed by atoms with E-state index in [1.54, 1.807) is 41.5 Å². The van der Waals surface area contributed by atoms with E-state index in [1.807, 2.05) is 0 Å². The molecule has 111 heavy (non-hydrogen) atoms. The van der Waals surface area contributed by atoms with Crippen LogP contribution in [0, 0.1) is 32.1 Å². The van der Waals surface area contributed by atoms with Crippen molar-refractivity contribution in [2.24, 2.45) is 17.8 Å². The molecule has 33 nitrogen and oxygen atoms in total. The molecule has 3 fully saturated rings. The van der Waals surface area contributed by atoms with E-state index >= 15 is 0 Å². The average molecular weight is 1740 g/mol. The lowest BCUT2D eigenvalue weighted by molar-refractivity contribution is -0.152. The molecule has 0 amide bonds. The molecule has 612 valence electrons. The van der Waals surface area contributed by atoms with E-state index in [0.717, 1.165) is 31.9 Å². The number of carbonyl (C=O) groups is 3. The number of hydrogen-bond donors (Lipinski definition) is 9. The number of ether oxygens (including phenoxy) is 6. The van der Waals surface area contributed by atoms with Gasteiger partial charge in [-0.15, -0.1) is 0 Å². The third kappa shape index (κ3) is 25.2. The minimum atomic E-state index is -4.53. The van der Waals surface area contributed by atoms with Crippen LogP contribution in [0.15, 0.2) is 124 Å². The van der Waals surface area contributed by atoms with E-state index < -0.39 is 204 Å². The highest BCUT2D eigenvalue weighted by molar-refractivity contribution is 7.71. The molecule has 0 saturated carbocycles. The van der Waals surface area contributed by atoms with Crippen molar-refractivity contribution in [2.45, 2.75) is 174 Å². The molecule has 3 aromatic carbocycles. The van der Waals surface area contributed by atoms with Gasteiger partial charge in [-0.05, 0) is 172 Å². The molecule has 6 heterocycles. The van der Waals surface area contributed by atoms with Gasteiger partial charge in [-0.2, -0.15) is 0 Å². The smallest absolute Gasteiger partial charge is 0.380 e. The number of carbonyl (C=O) groups excluding carboxylic acids is 3. The van der Waals surface area contributed by atoms with Crippen molar-refractivity contribution in [3.63, 3.8) is 0 Å². The lowest BCUT2D eigenvalue weighted by Gasteiger charge is -2.28. The summed E-state index contributed by atoms with van der Waals surface area (Å²) in [6.07, 6.45) is -15.4. The topological polar surface area (TPSA) is 448 Å². The molecule has 0 spiro atoms. The zero-order chi connectivity index (χ0) is 88.0. The van der Waals surface area contributed by atoms with Crippen molar-refractivity contribution in [2.75, 3.05) is 38.2 Å². The van der Waals surface area contributed by atoms with Crippen LogP contribution in [0.5, 0.6) is 17.2 Å². The van der Waals surface area contributed by atoms with Gasteiger partial charge in [-0.3, -0.25) is 71.0 Å². The number of H-pyrrole nitrogens is 3. The van der Waals surface area contributed by atoms with Gasteiger partial charge in [0.2, 0.25) is 0 Å². The number of halogens is 3. The highest BCUT2D eigenvalue weighted by Crippen LogP contribution is 2.55. The predicted molar refractivity (Wildman–Crippen MR) is 412 cm³/mol. The van der Waals surface area contributed by atoms with Gasteiger partial charge in [0.05, 0.1) is 82.5 Å². The first kappa shape index (κ1) is 82.8. The van der Waals surface area contributed by atoms with Crippen molar-refractivity contribution >= 4 is 112 Å². The van der Waals surface area contributed by atoms with Crippen LogP contribution in [0.25, 0.3) is 0 Å². The summed E-state index contributed by atoms with van der Waals surface area (Å²) in [7, 11) is -13.6. The first-order chi connectivity index (χ1) is 53.8. The Morgan fingerprint density at radius 2 is 0.667 bits per heavy atom.